The molecule has 1 aliphatic rings. The molecule has 0 aliphatic carbocycles. The molecular weight excluding hydrogens is 563 g/mol. The van der Waals surface area contributed by atoms with Crippen LogP contribution < -0.4 is 4.46 Å². The molecule has 1 fully saturated rings. The van der Waals surface area contributed by atoms with Gasteiger partial charge in [-0.2, -0.15) is 0 Å². The summed E-state index contributed by atoms with van der Waals surface area (Å²) in [7, 11) is -1.66. The number of ether oxygens (including phenoxy) is 2. The van der Waals surface area contributed by atoms with Crippen LogP contribution in [-0.2, 0) is 13.9 Å². The Balaban J connectivity index is 1.86. The van der Waals surface area contributed by atoms with Gasteiger partial charge in [0, 0.05) is 6.61 Å². The standard InChI is InChI=1S/C34H56O3SeSi/c1-28(22-25-36-33-21-12-13-23-35-33)16-14-17-29(2)26-32(38-31-19-10-9-11-20-31)27-30(3)18-15-24-37-39(7,8)34(4,5)6/h9-11,17,19-20,22,27,32-33H,12-16,18,21,23-26H2,1-8H3/b28-22+,29-17+,30-27+. The molecule has 1 aliphatic heterocycles. The van der Waals surface area contributed by atoms with E-state index in [0.717, 1.165) is 58.2 Å². The second kappa shape index (κ2) is 17.8. The summed E-state index contributed by atoms with van der Waals surface area (Å²) in [5, 5.41) is 0.275. The number of allylic oxidation sites excluding steroid dienone is 5. The topological polar surface area (TPSA) is 27.7 Å². The van der Waals surface area contributed by atoms with Gasteiger partial charge in [-0.3, -0.25) is 0 Å². The van der Waals surface area contributed by atoms with Gasteiger partial charge in [0.1, 0.15) is 0 Å². The van der Waals surface area contributed by atoms with Crippen molar-refractivity contribution in [1.29, 1.82) is 0 Å². The second-order valence-electron chi connectivity index (χ2n) is 12.7. The monoisotopic (exact) mass is 620 g/mol. The molecule has 0 N–H and O–H groups in total. The first kappa shape index (κ1) is 34.3. The van der Waals surface area contributed by atoms with Gasteiger partial charge in [0.15, 0.2) is 0 Å². The predicted molar refractivity (Wildman–Crippen MR) is 173 cm³/mol. The number of hydrogen-bond donors (Lipinski definition) is 0. The van der Waals surface area contributed by atoms with Gasteiger partial charge in [-0.25, -0.2) is 0 Å². The molecule has 0 spiro atoms. The SMILES string of the molecule is C/C(=C\COC1CCCCO1)CC/C=C(\C)CC(/C=C(\C)CCCO[Si](C)(C)C(C)(C)C)[Se]c1ccccc1. The van der Waals surface area contributed by atoms with E-state index in [1.165, 1.54) is 27.6 Å². The third-order valence-electron chi connectivity index (χ3n) is 7.89. The third-order valence-corrected chi connectivity index (χ3v) is 14.8. The summed E-state index contributed by atoms with van der Waals surface area (Å²) in [5.41, 5.74) is 4.41. The van der Waals surface area contributed by atoms with E-state index in [4.69, 9.17) is 13.9 Å². The van der Waals surface area contributed by atoms with E-state index in [-0.39, 0.29) is 11.3 Å². The van der Waals surface area contributed by atoms with Gasteiger partial charge < -0.3 is 0 Å². The van der Waals surface area contributed by atoms with E-state index in [1.807, 2.05) is 0 Å². The molecule has 0 aromatic heterocycles. The Bertz CT molecular complexity index is 908. The van der Waals surface area contributed by atoms with E-state index in [9.17, 15) is 0 Å². The first-order valence-corrected chi connectivity index (χ1v) is 19.8. The Morgan fingerprint density at radius 3 is 2.44 bits per heavy atom. The van der Waals surface area contributed by atoms with Crippen LogP contribution in [0.1, 0.15) is 92.9 Å². The molecule has 2 unspecified atom stereocenters. The van der Waals surface area contributed by atoms with Crippen molar-refractivity contribution in [2.45, 2.75) is 122 Å². The first-order valence-electron chi connectivity index (χ1n) is 15.0. The number of benzene rings is 1. The normalized spacial score (nSPS) is 18.9. The number of rotatable bonds is 16. The molecule has 1 heterocycles. The van der Waals surface area contributed by atoms with Crippen LogP contribution in [0.3, 0.4) is 0 Å². The summed E-state index contributed by atoms with van der Waals surface area (Å²) in [6.45, 7) is 20.9. The molecular formula is C34H56O3SeSi. The minimum absolute atomic E-state index is 0.00501. The van der Waals surface area contributed by atoms with Crippen molar-refractivity contribution in [3.05, 3.63) is 65.3 Å². The zero-order chi connectivity index (χ0) is 28.7. The molecule has 0 radical (unpaired) electrons. The fourth-order valence-electron chi connectivity index (χ4n) is 4.29. The molecule has 3 nitrogen and oxygen atoms in total. The molecule has 0 bridgehead atoms. The average molecular weight is 620 g/mol. The molecule has 5 heteroatoms. The quantitative estimate of drug-likeness (QED) is 0.105. The Labute approximate surface area is 248 Å². The van der Waals surface area contributed by atoms with E-state index in [0.29, 0.717) is 26.4 Å². The average Bonchev–Trinajstić information content (AvgIpc) is 2.87. The van der Waals surface area contributed by atoms with Crippen molar-refractivity contribution in [1.82, 2.24) is 0 Å². The molecule has 1 saturated heterocycles. The van der Waals surface area contributed by atoms with Crippen molar-refractivity contribution >= 4 is 27.7 Å². The maximum absolute atomic E-state index is 6.42. The van der Waals surface area contributed by atoms with Crippen molar-refractivity contribution < 1.29 is 13.9 Å². The van der Waals surface area contributed by atoms with Gasteiger partial charge in [0.05, 0.1) is 0 Å². The van der Waals surface area contributed by atoms with E-state index in [1.54, 1.807) is 0 Å². The summed E-state index contributed by atoms with van der Waals surface area (Å²) < 4.78 is 19.4. The zero-order valence-electron chi connectivity index (χ0n) is 26.2. The van der Waals surface area contributed by atoms with Crippen molar-refractivity contribution in [2.75, 3.05) is 19.8 Å². The third kappa shape index (κ3) is 14.5. The van der Waals surface area contributed by atoms with Crippen LogP contribution in [0, 0.1) is 0 Å². The van der Waals surface area contributed by atoms with Crippen LogP contribution in [0.5, 0.6) is 0 Å². The van der Waals surface area contributed by atoms with Gasteiger partial charge in [0.25, 0.3) is 0 Å². The zero-order valence-corrected chi connectivity index (χ0v) is 28.9. The van der Waals surface area contributed by atoms with Gasteiger partial charge >= 0.3 is 229 Å². The summed E-state index contributed by atoms with van der Waals surface area (Å²) in [4.78, 5) is 0.581. The van der Waals surface area contributed by atoms with Gasteiger partial charge in [0.2, 0.25) is 0 Å². The van der Waals surface area contributed by atoms with Crippen LogP contribution in [0.2, 0.25) is 22.9 Å². The van der Waals surface area contributed by atoms with Crippen molar-refractivity contribution in [3.8, 4) is 0 Å². The summed E-state index contributed by atoms with van der Waals surface area (Å²) in [5.74, 6) is 0. The molecule has 220 valence electrons. The summed E-state index contributed by atoms with van der Waals surface area (Å²) >= 11 is 0.420. The van der Waals surface area contributed by atoms with Crippen molar-refractivity contribution in [3.63, 3.8) is 0 Å². The Kier molecular flexibility index (Phi) is 15.6. The van der Waals surface area contributed by atoms with Gasteiger partial charge in [-0.05, 0) is 12.8 Å². The molecule has 0 saturated carbocycles. The fraction of sp³-hybridized carbons (Fsp3) is 0.647. The summed E-state index contributed by atoms with van der Waals surface area (Å²) in [6.07, 6.45) is 16.2. The van der Waals surface area contributed by atoms with Crippen LogP contribution in [0.4, 0.5) is 0 Å². The van der Waals surface area contributed by atoms with Crippen LogP contribution in [0.25, 0.3) is 0 Å². The number of hydrogen-bond acceptors (Lipinski definition) is 3. The summed E-state index contributed by atoms with van der Waals surface area (Å²) in [6, 6.07) is 11.0. The van der Waals surface area contributed by atoms with E-state index < -0.39 is 8.32 Å². The molecule has 39 heavy (non-hydrogen) atoms. The van der Waals surface area contributed by atoms with Gasteiger partial charge in [-0.1, -0.05) is 0 Å². The fourth-order valence-corrected chi connectivity index (χ4v) is 8.13. The van der Waals surface area contributed by atoms with Crippen LogP contribution in [-0.4, -0.2) is 49.4 Å². The molecule has 1 aromatic rings. The van der Waals surface area contributed by atoms with E-state index >= 15 is 0 Å². The molecule has 2 rings (SSSR count). The Morgan fingerprint density at radius 2 is 1.77 bits per heavy atom. The van der Waals surface area contributed by atoms with Crippen molar-refractivity contribution in [2.24, 2.45) is 0 Å². The molecule has 1 aromatic carbocycles. The first-order chi connectivity index (χ1) is 18.5. The van der Waals surface area contributed by atoms with E-state index in [2.05, 4.69) is 103 Å². The second-order valence-corrected chi connectivity index (χ2v) is 20.2. The van der Waals surface area contributed by atoms with Crippen LogP contribution in [0.15, 0.2) is 65.3 Å². The van der Waals surface area contributed by atoms with Crippen LogP contribution >= 0.6 is 0 Å². The Hall–Kier alpha value is -0.944. The molecule has 0 amide bonds. The maximum atomic E-state index is 6.42. The Morgan fingerprint density at radius 1 is 1.03 bits per heavy atom. The van der Waals surface area contributed by atoms with Gasteiger partial charge in [-0.15, -0.1) is 0 Å². The predicted octanol–water partition coefficient (Wildman–Crippen LogP) is 9.16. The molecule has 2 atom stereocenters. The minimum atomic E-state index is -1.66.